The molecule has 0 spiro atoms. The summed E-state index contributed by atoms with van der Waals surface area (Å²) in [4.78, 5) is 72.4. The lowest BCUT2D eigenvalue weighted by molar-refractivity contribution is -0.135. The van der Waals surface area contributed by atoms with E-state index in [4.69, 9.17) is 19.4 Å². The number of hydrogen-bond donors (Lipinski definition) is 4. The van der Waals surface area contributed by atoms with Crippen molar-refractivity contribution in [2.24, 2.45) is 11.8 Å². The summed E-state index contributed by atoms with van der Waals surface area (Å²) in [5.74, 6) is 1.35. The van der Waals surface area contributed by atoms with Crippen molar-refractivity contribution in [3.8, 4) is 22.4 Å². The second-order valence-electron chi connectivity index (χ2n) is 17.1. The van der Waals surface area contributed by atoms with Crippen molar-refractivity contribution in [1.82, 2.24) is 40.4 Å². The maximum atomic E-state index is 14.0. The zero-order chi connectivity index (χ0) is 40.9. The highest BCUT2D eigenvalue weighted by atomic mass is 28.3. The van der Waals surface area contributed by atoms with Crippen LogP contribution in [-0.2, 0) is 19.1 Å². The van der Waals surface area contributed by atoms with Gasteiger partial charge in [-0.2, -0.15) is 0 Å². The number of benzene rings is 3. The molecule has 2 saturated heterocycles. The van der Waals surface area contributed by atoms with E-state index < -0.39 is 32.3 Å². The SMILES string of the molecule is COC(=O)N[C@H](C(=O)N1CCC[C@H]1c1ncc(-c2ccc(-c3ccc4c(ccc5nc([C@@H]6C[Si](C)(C)CN6C(=O)[C@@H](NC(=O)OC)C6CC6)[nH]c54)c3)cc2)[nH]1)C(C)C. The Balaban J connectivity index is 0.996. The number of aromatic amines is 2. The monoisotopic (exact) mass is 804 g/mol. The first-order valence-electron chi connectivity index (χ1n) is 20.2. The summed E-state index contributed by atoms with van der Waals surface area (Å²) in [5.41, 5.74) is 5.78. The Morgan fingerprint density at radius 1 is 0.810 bits per heavy atom. The van der Waals surface area contributed by atoms with Crippen LogP contribution in [0.2, 0.25) is 19.1 Å². The Labute approximate surface area is 338 Å². The van der Waals surface area contributed by atoms with Gasteiger partial charge in [-0.1, -0.05) is 69.4 Å². The molecule has 1 saturated carbocycles. The highest BCUT2D eigenvalue weighted by molar-refractivity contribution is 6.78. The Morgan fingerprint density at radius 2 is 1.52 bits per heavy atom. The number of rotatable bonds is 10. The van der Waals surface area contributed by atoms with E-state index in [0.717, 1.165) is 87.6 Å². The molecule has 1 aliphatic carbocycles. The van der Waals surface area contributed by atoms with Gasteiger partial charge in [0.15, 0.2) is 0 Å². The Hall–Kier alpha value is -5.70. The van der Waals surface area contributed by atoms with Crippen molar-refractivity contribution >= 4 is 53.9 Å². The van der Waals surface area contributed by atoms with E-state index in [1.165, 1.54) is 14.2 Å². The van der Waals surface area contributed by atoms with Crippen LogP contribution in [0.15, 0.2) is 60.8 Å². The lowest BCUT2D eigenvalue weighted by Gasteiger charge is -2.30. The molecule has 14 nitrogen and oxygen atoms in total. The van der Waals surface area contributed by atoms with Gasteiger partial charge in [-0.05, 0) is 77.8 Å². The molecule has 2 aliphatic heterocycles. The number of H-pyrrole nitrogens is 2. The van der Waals surface area contributed by atoms with Crippen molar-refractivity contribution in [3.05, 3.63) is 72.4 Å². The minimum atomic E-state index is -1.75. The van der Waals surface area contributed by atoms with Crippen molar-refractivity contribution in [2.75, 3.05) is 26.9 Å². The van der Waals surface area contributed by atoms with E-state index in [1.54, 1.807) is 0 Å². The minimum absolute atomic E-state index is 0.0523. The number of likely N-dealkylation sites (tertiary alicyclic amines) is 1. The van der Waals surface area contributed by atoms with Crippen LogP contribution in [0.4, 0.5) is 9.59 Å². The first-order valence-corrected chi connectivity index (χ1v) is 23.6. The normalized spacial score (nSPS) is 20.1. The van der Waals surface area contributed by atoms with Crippen LogP contribution in [-0.4, -0.2) is 101 Å². The Morgan fingerprint density at radius 3 is 2.22 bits per heavy atom. The first-order chi connectivity index (χ1) is 27.8. The molecule has 15 heteroatoms. The van der Waals surface area contributed by atoms with Gasteiger partial charge < -0.3 is 39.9 Å². The molecule has 5 aromatic rings. The number of imidazole rings is 2. The van der Waals surface area contributed by atoms with Crippen LogP contribution < -0.4 is 10.6 Å². The lowest BCUT2D eigenvalue weighted by atomic mass is 9.99. The first kappa shape index (κ1) is 39.1. The second kappa shape index (κ2) is 15.6. The third-order valence-electron chi connectivity index (χ3n) is 12.0. The van der Waals surface area contributed by atoms with Crippen molar-refractivity contribution in [3.63, 3.8) is 0 Å². The predicted octanol–water partition coefficient (Wildman–Crippen LogP) is 7.08. The van der Waals surface area contributed by atoms with Gasteiger partial charge in [-0.25, -0.2) is 19.6 Å². The summed E-state index contributed by atoms with van der Waals surface area (Å²) < 4.78 is 9.62. The molecule has 58 heavy (non-hydrogen) atoms. The molecule has 4 N–H and O–H groups in total. The summed E-state index contributed by atoms with van der Waals surface area (Å²) in [6, 6.07) is 18.1. The summed E-state index contributed by atoms with van der Waals surface area (Å²) in [6.07, 6.45) is 4.78. The van der Waals surface area contributed by atoms with Crippen molar-refractivity contribution in [1.29, 1.82) is 0 Å². The van der Waals surface area contributed by atoms with E-state index >= 15 is 0 Å². The summed E-state index contributed by atoms with van der Waals surface area (Å²) >= 11 is 0. The predicted molar refractivity (Wildman–Crippen MR) is 223 cm³/mol. The molecule has 0 unspecified atom stereocenters. The van der Waals surface area contributed by atoms with Crippen LogP contribution in [0.1, 0.15) is 63.3 Å². The molecular weight excluding hydrogens is 753 g/mol. The molecule has 4 amide bonds. The summed E-state index contributed by atoms with van der Waals surface area (Å²) in [6.45, 7) is 9.01. The number of ether oxygens (including phenoxy) is 2. The number of amides is 4. The highest BCUT2D eigenvalue weighted by Gasteiger charge is 2.48. The van der Waals surface area contributed by atoms with Gasteiger partial charge in [0.25, 0.3) is 0 Å². The van der Waals surface area contributed by atoms with Gasteiger partial charge in [0.1, 0.15) is 23.7 Å². The maximum Gasteiger partial charge on any atom is 0.407 e. The van der Waals surface area contributed by atoms with Gasteiger partial charge >= 0.3 is 12.2 Å². The number of aromatic nitrogens is 4. The molecule has 3 fully saturated rings. The lowest BCUT2D eigenvalue weighted by Crippen LogP contribution is -2.51. The zero-order valence-electron chi connectivity index (χ0n) is 33.9. The fraction of sp³-hybridized carbons (Fsp3) is 0.442. The standard InChI is InChI=1S/C43H52N8O6Si/c1-24(2)35(48-42(54)56-3)40(52)50-19-7-8-33(50)38-44-21-32(46-38)26-11-9-25(10-12-26)28-15-17-30-29(20-28)16-18-31-37(30)47-39(45-31)34-22-58(5,6)23-51(34)41(53)36(27-13-14-27)49-43(55)57-4/h9-12,15-18,20-21,24,27,33-36H,7-8,13-14,19,22-23H2,1-6H3,(H,44,46)(H,45,47)(H,48,54)(H,49,55)/t33-,34-,35-,36-/m0/s1. The number of carbonyl (C=O) groups excluding carboxylic acids is 4. The Kier molecular flexibility index (Phi) is 10.5. The van der Waals surface area contributed by atoms with Gasteiger partial charge in [-0.15, -0.1) is 0 Å². The molecule has 4 atom stereocenters. The van der Waals surface area contributed by atoms with E-state index in [-0.39, 0.29) is 35.7 Å². The number of hydrogen-bond acceptors (Lipinski definition) is 8. The van der Waals surface area contributed by atoms with Crippen LogP contribution >= 0.6 is 0 Å². The average molecular weight is 805 g/mol. The number of alkyl carbamates (subject to hydrolysis) is 2. The van der Waals surface area contributed by atoms with Crippen LogP contribution in [0.3, 0.4) is 0 Å². The second-order valence-corrected chi connectivity index (χ2v) is 22.2. The average Bonchev–Trinajstić information content (AvgIpc) is 3.56. The molecular formula is C43H52N8O6Si. The number of methoxy groups -OCH3 is 2. The molecule has 304 valence electrons. The third kappa shape index (κ3) is 7.66. The van der Waals surface area contributed by atoms with Crippen LogP contribution in [0.25, 0.3) is 44.2 Å². The van der Waals surface area contributed by atoms with Gasteiger partial charge in [0.2, 0.25) is 11.8 Å². The van der Waals surface area contributed by atoms with E-state index in [1.807, 2.05) is 35.9 Å². The molecule has 2 aromatic heterocycles. The highest BCUT2D eigenvalue weighted by Crippen LogP contribution is 2.41. The summed E-state index contributed by atoms with van der Waals surface area (Å²) in [5, 5.41) is 7.65. The van der Waals surface area contributed by atoms with E-state index in [2.05, 4.69) is 82.2 Å². The van der Waals surface area contributed by atoms with Crippen molar-refractivity contribution in [2.45, 2.75) is 82.8 Å². The van der Waals surface area contributed by atoms with Crippen LogP contribution in [0, 0.1) is 11.8 Å². The van der Waals surface area contributed by atoms with Crippen LogP contribution in [0.5, 0.6) is 0 Å². The fourth-order valence-electron chi connectivity index (χ4n) is 8.77. The largest absolute Gasteiger partial charge is 0.453 e. The quantitative estimate of drug-likeness (QED) is 0.108. The third-order valence-corrected chi connectivity index (χ3v) is 14.7. The van der Waals surface area contributed by atoms with Gasteiger partial charge in [0.05, 0.1) is 57.3 Å². The number of carbonyl (C=O) groups is 4. The molecule has 3 aliphatic rings. The van der Waals surface area contributed by atoms with Gasteiger partial charge in [0, 0.05) is 18.1 Å². The maximum absolute atomic E-state index is 14.0. The minimum Gasteiger partial charge on any atom is -0.453 e. The van der Waals surface area contributed by atoms with Gasteiger partial charge in [-0.3, -0.25) is 9.59 Å². The number of nitrogens with one attached hydrogen (secondary N) is 4. The topological polar surface area (TPSA) is 175 Å². The van der Waals surface area contributed by atoms with E-state index in [9.17, 15) is 19.2 Å². The van der Waals surface area contributed by atoms with Crippen molar-refractivity contribution < 1.29 is 28.7 Å². The fourth-order valence-corrected chi connectivity index (χ4v) is 11.7. The summed E-state index contributed by atoms with van der Waals surface area (Å²) in [7, 11) is 0.863. The molecule has 4 heterocycles. The number of fused-ring (bicyclic) bond motifs is 3. The van der Waals surface area contributed by atoms with E-state index in [0.29, 0.717) is 12.7 Å². The zero-order valence-corrected chi connectivity index (χ0v) is 34.9. The molecule has 3 aromatic carbocycles. The molecule has 0 bridgehead atoms. The molecule has 8 rings (SSSR count). The number of nitrogens with zero attached hydrogens (tertiary/aromatic N) is 4. The Bertz CT molecular complexity index is 2370. The molecule has 0 radical (unpaired) electrons. The smallest absolute Gasteiger partial charge is 0.407 e.